The molecule has 0 radical (unpaired) electrons. The number of rotatable bonds is 8. The third-order valence-electron chi connectivity index (χ3n) is 5.26. The fourth-order valence-corrected chi connectivity index (χ4v) is 3.57. The van der Waals surface area contributed by atoms with Gasteiger partial charge in [0.1, 0.15) is 0 Å². The summed E-state index contributed by atoms with van der Waals surface area (Å²) in [4.78, 5) is 11.1. The van der Waals surface area contributed by atoms with Crippen molar-refractivity contribution in [1.29, 1.82) is 0 Å². The zero-order valence-electron chi connectivity index (χ0n) is 17.4. The first-order valence-electron chi connectivity index (χ1n) is 9.94. The standard InChI is InChI=1S/C22H25FN6O/c1-24-7-4-5-9-28(2)15-12-26-22-18(13-27-29(22)14-15)16-6-8-25-20-11-19(23)21(30-3)10-17(16)20/h6,8,10-14,24H,4-5,7,9H2,1-3H3. The summed E-state index contributed by atoms with van der Waals surface area (Å²) in [7, 11) is 5.48. The van der Waals surface area contributed by atoms with Crippen molar-refractivity contribution in [3.63, 3.8) is 0 Å². The van der Waals surface area contributed by atoms with Gasteiger partial charge in [0.15, 0.2) is 17.2 Å². The summed E-state index contributed by atoms with van der Waals surface area (Å²) < 4.78 is 21.0. The fourth-order valence-electron chi connectivity index (χ4n) is 3.57. The molecule has 0 spiro atoms. The molecule has 0 aliphatic carbocycles. The zero-order chi connectivity index (χ0) is 21.1. The normalized spacial score (nSPS) is 11.3. The lowest BCUT2D eigenvalue weighted by molar-refractivity contribution is 0.387. The summed E-state index contributed by atoms with van der Waals surface area (Å²) >= 11 is 0. The maximum Gasteiger partial charge on any atom is 0.167 e. The lowest BCUT2D eigenvalue weighted by atomic mass is 10.0. The molecule has 1 aromatic carbocycles. The number of halogens is 1. The van der Waals surface area contributed by atoms with Gasteiger partial charge in [-0.25, -0.2) is 13.9 Å². The van der Waals surface area contributed by atoms with Crippen LogP contribution in [0.5, 0.6) is 5.75 Å². The molecule has 0 fully saturated rings. The largest absolute Gasteiger partial charge is 0.494 e. The second-order valence-corrected chi connectivity index (χ2v) is 7.23. The molecule has 7 nitrogen and oxygen atoms in total. The molecule has 3 aromatic heterocycles. The second-order valence-electron chi connectivity index (χ2n) is 7.23. The Morgan fingerprint density at radius 3 is 2.83 bits per heavy atom. The summed E-state index contributed by atoms with van der Waals surface area (Å²) in [5.41, 5.74) is 4.04. The molecule has 0 amide bonds. The SMILES string of the molecule is CNCCCCN(C)c1cnc2c(-c3ccnc4cc(F)c(OC)cc34)cnn2c1. The van der Waals surface area contributed by atoms with Crippen LogP contribution in [-0.4, -0.2) is 53.9 Å². The fraction of sp³-hybridized carbons (Fsp3) is 0.318. The van der Waals surface area contributed by atoms with Crippen molar-refractivity contribution in [2.24, 2.45) is 0 Å². The van der Waals surface area contributed by atoms with Crippen molar-refractivity contribution >= 4 is 22.2 Å². The molecule has 0 saturated carbocycles. The summed E-state index contributed by atoms with van der Waals surface area (Å²) in [5.74, 6) is -0.251. The van der Waals surface area contributed by atoms with Gasteiger partial charge in [0.2, 0.25) is 0 Å². The van der Waals surface area contributed by atoms with Crippen LogP contribution in [0.2, 0.25) is 0 Å². The maximum atomic E-state index is 14.1. The molecule has 0 aliphatic heterocycles. The Hall–Kier alpha value is -3.26. The van der Waals surface area contributed by atoms with E-state index in [-0.39, 0.29) is 5.75 Å². The molecule has 1 N–H and O–H groups in total. The van der Waals surface area contributed by atoms with E-state index in [1.54, 1.807) is 23.0 Å². The van der Waals surface area contributed by atoms with E-state index in [0.29, 0.717) is 5.52 Å². The first kappa shape index (κ1) is 20.0. The zero-order valence-corrected chi connectivity index (χ0v) is 17.4. The highest BCUT2D eigenvalue weighted by Gasteiger charge is 2.15. The number of nitrogens with one attached hydrogen (secondary N) is 1. The Morgan fingerprint density at radius 2 is 2.03 bits per heavy atom. The Kier molecular flexibility index (Phi) is 5.76. The van der Waals surface area contributed by atoms with Gasteiger partial charge in [-0.15, -0.1) is 0 Å². The minimum Gasteiger partial charge on any atom is -0.494 e. The number of fused-ring (bicyclic) bond motifs is 2. The van der Waals surface area contributed by atoms with Crippen LogP contribution in [0.25, 0.3) is 27.7 Å². The number of methoxy groups -OCH3 is 1. The van der Waals surface area contributed by atoms with Crippen molar-refractivity contribution in [2.45, 2.75) is 12.8 Å². The van der Waals surface area contributed by atoms with Gasteiger partial charge >= 0.3 is 0 Å². The molecule has 30 heavy (non-hydrogen) atoms. The van der Waals surface area contributed by atoms with E-state index >= 15 is 0 Å². The summed E-state index contributed by atoms with van der Waals surface area (Å²) in [5, 5.41) is 8.46. The smallest absolute Gasteiger partial charge is 0.167 e. The van der Waals surface area contributed by atoms with Gasteiger partial charge in [-0.3, -0.25) is 4.98 Å². The third-order valence-corrected chi connectivity index (χ3v) is 5.26. The van der Waals surface area contributed by atoms with Crippen LogP contribution in [0.3, 0.4) is 0 Å². The van der Waals surface area contributed by atoms with Gasteiger partial charge in [-0.1, -0.05) is 0 Å². The molecule has 8 heteroatoms. The van der Waals surface area contributed by atoms with Crippen molar-refractivity contribution in [3.05, 3.63) is 48.8 Å². The second kappa shape index (κ2) is 8.62. The molecular formula is C22H25FN6O. The average molecular weight is 408 g/mol. The minimum absolute atomic E-state index is 0.184. The van der Waals surface area contributed by atoms with Crippen LogP contribution < -0.4 is 15.0 Å². The summed E-state index contributed by atoms with van der Waals surface area (Å²) in [6.07, 6.45) is 9.52. The highest BCUT2D eigenvalue weighted by atomic mass is 19.1. The first-order chi connectivity index (χ1) is 14.6. The molecule has 4 aromatic rings. The van der Waals surface area contributed by atoms with Crippen LogP contribution in [0.4, 0.5) is 10.1 Å². The molecular weight excluding hydrogens is 383 g/mol. The van der Waals surface area contributed by atoms with Crippen molar-refractivity contribution in [1.82, 2.24) is 24.9 Å². The van der Waals surface area contributed by atoms with Crippen LogP contribution in [0.15, 0.2) is 43.0 Å². The van der Waals surface area contributed by atoms with Gasteiger partial charge < -0.3 is 15.0 Å². The van der Waals surface area contributed by atoms with Gasteiger partial charge in [0.05, 0.1) is 36.9 Å². The number of ether oxygens (including phenoxy) is 1. The number of anilines is 1. The highest BCUT2D eigenvalue weighted by Crippen LogP contribution is 2.33. The molecule has 0 unspecified atom stereocenters. The number of hydrogen-bond donors (Lipinski definition) is 1. The van der Waals surface area contributed by atoms with Crippen LogP contribution in [0, 0.1) is 5.82 Å². The molecule has 156 valence electrons. The molecule has 0 bridgehead atoms. The van der Waals surface area contributed by atoms with E-state index in [4.69, 9.17) is 4.74 Å². The number of benzene rings is 1. The number of aromatic nitrogens is 4. The van der Waals surface area contributed by atoms with Crippen molar-refractivity contribution < 1.29 is 9.13 Å². The summed E-state index contributed by atoms with van der Waals surface area (Å²) in [6.45, 7) is 1.96. The number of pyridine rings is 1. The van der Waals surface area contributed by atoms with E-state index in [1.807, 2.05) is 25.5 Å². The molecule has 0 saturated heterocycles. The lowest BCUT2D eigenvalue weighted by Crippen LogP contribution is -2.20. The van der Waals surface area contributed by atoms with E-state index in [1.165, 1.54) is 13.2 Å². The number of hydrogen-bond acceptors (Lipinski definition) is 6. The Morgan fingerprint density at radius 1 is 1.17 bits per heavy atom. The molecule has 0 atom stereocenters. The third kappa shape index (κ3) is 3.78. The Balaban J connectivity index is 1.69. The quantitative estimate of drug-likeness (QED) is 0.450. The monoisotopic (exact) mass is 408 g/mol. The predicted molar refractivity (Wildman–Crippen MR) is 117 cm³/mol. The van der Waals surface area contributed by atoms with E-state index < -0.39 is 5.82 Å². The Bertz CT molecular complexity index is 1180. The highest BCUT2D eigenvalue weighted by molar-refractivity contribution is 5.98. The lowest BCUT2D eigenvalue weighted by Gasteiger charge is -2.18. The first-order valence-corrected chi connectivity index (χ1v) is 9.94. The number of unbranched alkanes of at least 4 members (excludes halogenated alkanes) is 1. The molecule has 0 aliphatic rings. The Labute approximate surface area is 174 Å². The summed E-state index contributed by atoms with van der Waals surface area (Å²) in [6, 6.07) is 4.95. The van der Waals surface area contributed by atoms with Crippen LogP contribution in [-0.2, 0) is 0 Å². The van der Waals surface area contributed by atoms with Gasteiger partial charge in [-0.2, -0.15) is 5.10 Å². The van der Waals surface area contributed by atoms with Crippen LogP contribution in [0.1, 0.15) is 12.8 Å². The van der Waals surface area contributed by atoms with Crippen LogP contribution >= 0.6 is 0 Å². The predicted octanol–water partition coefficient (Wildman–Crippen LogP) is 3.53. The van der Waals surface area contributed by atoms with Crippen molar-refractivity contribution in [2.75, 3.05) is 39.2 Å². The van der Waals surface area contributed by atoms with E-state index in [2.05, 4.69) is 32.3 Å². The minimum atomic E-state index is -0.435. The average Bonchev–Trinajstić information content (AvgIpc) is 3.18. The van der Waals surface area contributed by atoms with Gasteiger partial charge in [0, 0.05) is 36.8 Å². The molecule has 3 heterocycles. The number of nitrogens with zero attached hydrogens (tertiary/aromatic N) is 5. The molecule has 4 rings (SSSR count). The van der Waals surface area contributed by atoms with Crippen molar-refractivity contribution in [3.8, 4) is 16.9 Å². The topological polar surface area (TPSA) is 67.6 Å². The maximum absolute atomic E-state index is 14.1. The van der Waals surface area contributed by atoms with Gasteiger partial charge in [0.25, 0.3) is 0 Å². The van der Waals surface area contributed by atoms with E-state index in [9.17, 15) is 4.39 Å². The van der Waals surface area contributed by atoms with E-state index in [0.717, 1.165) is 53.8 Å². The van der Waals surface area contributed by atoms with Gasteiger partial charge in [-0.05, 0) is 44.1 Å².